The van der Waals surface area contributed by atoms with Crippen molar-refractivity contribution >= 4 is 11.9 Å². The molecule has 6 nitrogen and oxygen atoms in total. The molecule has 0 spiro atoms. The van der Waals surface area contributed by atoms with Crippen LogP contribution < -0.4 is 14.8 Å². The van der Waals surface area contributed by atoms with Gasteiger partial charge in [-0.25, -0.2) is 4.79 Å². The molecule has 1 amide bonds. The lowest BCUT2D eigenvalue weighted by molar-refractivity contribution is -0.124. The van der Waals surface area contributed by atoms with Crippen LogP contribution in [0.25, 0.3) is 0 Å². The highest BCUT2D eigenvalue weighted by Crippen LogP contribution is 2.31. The first-order valence-corrected chi connectivity index (χ1v) is 7.61. The number of carbonyl (C=O) groups is 2. The Morgan fingerprint density at radius 3 is 2.75 bits per heavy atom. The summed E-state index contributed by atoms with van der Waals surface area (Å²) >= 11 is 0. The van der Waals surface area contributed by atoms with Gasteiger partial charge in [0.25, 0.3) is 5.91 Å². The topological polar surface area (TPSA) is 84.9 Å². The molecule has 0 saturated heterocycles. The third-order valence-electron chi connectivity index (χ3n) is 3.77. The lowest BCUT2D eigenvalue weighted by Crippen LogP contribution is -2.35. The summed E-state index contributed by atoms with van der Waals surface area (Å²) < 4.78 is 10.9. The average molecular weight is 327 g/mol. The smallest absolute Gasteiger partial charge is 0.339 e. The monoisotopic (exact) mass is 327 g/mol. The molecule has 0 fully saturated rings. The van der Waals surface area contributed by atoms with Crippen molar-refractivity contribution < 1.29 is 24.2 Å². The van der Waals surface area contributed by atoms with E-state index in [1.54, 1.807) is 12.1 Å². The second kappa shape index (κ2) is 7.04. The van der Waals surface area contributed by atoms with Gasteiger partial charge in [0.15, 0.2) is 6.61 Å². The van der Waals surface area contributed by atoms with Crippen LogP contribution in [0.1, 0.15) is 28.4 Å². The van der Waals surface area contributed by atoms with Gasteiger partial charge in [0.2, 0.25) is 0 Å². The fourth-order valence-corrected chi connectivity index (χ4v) is 2.64. The molecule has 3 rings (SSSR count). The Balaban J connectivity index is 1.62. The highest BCUT2D eigenvalue weighted by molar-refractivity contribution is 5.91. The molecule has 24 heavy (non-hydrogen) atoms. The quantitative estimate of drug-likeness (QED) is 0.881. The molecule has 1 aliphatic rings. The Kier molecular flexibility index (Phi) is 4.65. The van der Waals surface area contributed by atoms with Crippen LogP contribution in [-0.2, 0) is 4.79 Å². The van der Waals surface area contributed by atoms with Gasteiger partial charge >= 0.3 is 5.97 Å². The van der Waals surface area contributed by atoms with Gasteiger partial charge in [0.05, 0.1) is 12.6 Å². The molecule has 0 radical (unpaired) electrons. The van der Waals surface area contributed by atoms with E-state index in [1.807, 2.05) is 24.3 Å². The van der Waals surface area contributed by atoms with E-state index in [4.69, 9.17) is 14.6 Å². The predicted octanol–water partition coefficient (Wildman–Crippen LogP) is 2.40. The van der Waals surface area contributed by atoms with Crippen LogP contribution >= 0.6 is 0 Å². The minimum atomic E-state index is -1.09. The van der Waals surface area contributed by atoms with E-state index in [0.29, 0.717) is 13.0 Å². The van der Waals surface area contributed by atoms with E-state index in [9.17, 15) is 9.59 Å². The maximum absolute atomic E-state index is 12.2. The molecule has 1 aliphatic heterocycles. The van der Waals surface area contributed by atoms with Crippen molar-refractivity contribution in [3.63, 3.8) is 0 Å². The number of aromatic carboxylic acids is 1. The molecule has 0 bridgehead atoms. The number of amides is 1. The summed E-state index contributed by atoms with van der Waals surface area (Å²) in [5.74, 6) is -0.458. The van der Waals surface area contributed by atoms with Gasteiger partial charge in [-0.1, -0.05) is 30.3 Å². The van der Waals surface area contributed by atoms with Crippen LogP contribution in [0.5, 0.6) is 11.5 Å². The van der Waals surface area contributed by atoms with Gasteiger partial charge in [-0.2, -0.15) is 0 Å². The maximum atomic E-state index is 12.2. The molecular formula is C18H17NO5. The molecule has 2 aromatic rings. The van der Waals surface area contributed by atoms with E-state index in [1.165, 1.54) is 12.1 Å². The number of benzene rings is 2. The summed E-state index contributed by atoms with van der Waals surface area (Å²) in [6.45, 7) is 0.286. The van der Waals surface area contributed by atoms with Gasteiger partial charge < -0.3 is 19.9 Å². The molecule has 1 heterocycles. The van der Waals surface area contributed by atoms with Crippen molar-refractivity contribution in [2.24, 2.45) is 0 Å². The van der Waals surface area contributed by atoms with Crippen molar-refractivity contribution in [1.29, 1.82) is 0 Å². The van der Waals surface area contributed by atoms with E-state index < -0.39 is 5.97 Å². The number of nitrogens with one attached hydrogen (secondary N) is 1. The zero-order valence-corrected chi connectivity index (χ0v) is 12.9. The van der Waals surface area contributed by atoms with E-state index in [0.717, 1.165) is 11.3 Å². The number of carboxylic acid groups (broad SMARTS) is 1. The lowest BCUT2D eigenvalue weighted by atomic mass is 10.0. The third-order valence-corrected chi connectivity index (χ3v) is 3.77. The first-order chi connectivity index (χ1) is 11.6. The van der Waals surface area contributed by atoms with Gasteiger partial charge in [-0.3, -0.25) is 4.79 Å². The standard InChI is InChI=1S/C18H17NO5/c20-17(11-24-16-8-4-2-6-13(16)18(21)22)19-14-9-10-23-15-7-3-1-5-12(14)15/h1-8,14H,9-11H2,(H,19,20)(H,21,22). The first kappa shape index (κ1) is 15.9. The zero-order valence-electron chi connectivity index (χ0n) is 12.9. The molecule has 2 aromatic carbocycles. The Hall–Kier alpha value is -3.02. The number of carboxylic acids is 1. The number of carbonyl (C=O) groups excluding carboxylic acids is 1. The molecule has 0 aliphatic carbocycles. The molecule has 1 atom stereocenters. The van der Waals surface area contributed by atoms with E-state index >= 15 is 0 Å². The summed E-state index contributed by atoms with van der Waals surface area (Å²) in [4.78, 5) is 23.3. The number of fused-ring (bicyclic) bond motifs is 1. The van der Waals surface area contributed by atoms with Crippen LogP contribution in [-0.4, -0.2) is 30.2 Å². The van der Waals surface area contributed by atoms with Gasteiger partial charge in [-0.15, -0.1) is 0 Å². The minimum absolute atomic E-state index is 0.0294. The molecule has 0 aromatic heterocycles. The summed E-state index contributed by atoms with van der Waals surface area (Å²) in [5.41, 5.74) is 0.963. The highest BCUT2D eigenvalue weighted by atomic mass is 16.5. The number of hydrogen-bond acceptors (Lipinski definition) is 4. The summed E-state index contributed by atoms with van der Waals surface area (Å²) in [6, 6.07) is 13.7. The normalized spacial score (nSPS) is 15.8. The average Bonchev–Trinajstić information content (AvgIpc) is 2.60. The van der Waals surface area contributed by atoms with Crippen LogP contribution in [0, 0.1) is 0 Å². The van der Waals surface area contributed by atoms with Crippen molar-refractivity contribution in [2.75, 3.05) is 13.2 Å². The second-order valence-corrected chi connectivity index (χ2v) is 5.39. The summed E-state index contributed by atoms with van der Waals surface area (Å²) in [6.07, 6.45) is 0.675. The second-order valence-electron chi connectivity index (χ2n) is 5.39. The fraction of sp³-hybridized carbons (Fsp3) is 0.222. The predicted molar refractivity (Wildman–Crippen MR) is 86.3 cm³/mol. The number of rotatable bonds is 5. The Morgan fingerprint density at radius 1 is 1.17 bits per heavy atom. The molecule has 6 heteroatoms. The number of para-hydroxylation sites is 2. The van der Waals surface area contributed by atoms with Gasteiger partial charge in [-0.05, 0) is 18.2 Å². The van der Waals surface area contributed by atoms with Gasteiger partial charge in [0, 0.05) is 12.0 Å². The molecule has 124 valence electrons. The van der Waals surface area contributed by atoms with E-state index in [-0.39, 0.29) is 29.9 Å². The minimum Gasteiger partial charge on any atom is -0.493 e. The SMILES string of the molecule is O=C(COc1ccccc1C(=O)O)NC1CCOc2ccccc21. The summed E-state index contributed by atoms with van der Waals surface area (Å²) in [5, 5.41) is 12.0. The van der Waals surface area contributed by atoms with Crippen molar-refractivity contribution in [1.82, 2.24) is 5.32 Å². The van der Waals surface area contributed by atoms with Crippen LogP contribution in [0.2, 0.25) is 0 Å². The van der Waals surface area contributed by atoms with Crippen LogP contribution in [0.3, 0.4) is 0 Å². The van der Waals surface area contributed by atoms with Gasteiger partial charge in [0.1, 0.15) is 17.1 Å². The molecular weight excluding hydrogens is 310 g/mol. The van der Waals surface area contributed by atoms with Crippen molar-refractivity contribution in [3.8, 4) is 11.5 Å². The zero-order chi connectivity index (χ0) is 16.9. The van der Waals surface area contributed by atoms with Crippen LogP contribution in [0.4, 0.5) is 0 Å². The lowest BCUT2D eigenvalue weighted by Gasteiger charge is -2.26. The Labute approximate surface area is 139 Å². The van der Waals surface area contributed by atoms with Crippen molar-refractivity contribution in [2.45, 2.75) is 12.5 Å². The van der Waals surface area contributed by atoms with Crippen LogP contribution in [0.15, 0.2) is 48.5 Å². The number of hydrogen-bond donors (Lipinski definition) is 2. The first-order valence-electron chi connectivity index (χ1n) is 7.61. The maximum Gasteiger partial charge on any atom is 0.339 e. The highest BCUT2D eigenvalue weighted by Gasteiger charge is 2.23. The third kappa shape index (κ3) is 3.48. The number of ether oxygens (including phenoxy) is 2. The molecule has 2 N–H and O–H groups in total. The Morgan fingerprint density at radius 2 is 1.92 bits per heavy atom. The van der Waals surface area contributed by atoms with E-state index in [2.05, 4.69) is 5.32 Å². The Bertz CT molecular complexity index is 759. The molecule has 0 saturated carbocycles. The largest absolute Gasteiger partial charge is 0.493 e. The molecule has 1 unspecified atom stereocenters. The fourth-order valence-electron chi connectivity index (χ4n) is 2.64. The summed E-state index contributed by atoms with van der Waals surface area (Å²) in [7, 11) is 0. The van der Waals surface area contributed by atoms with Crippen molar-refractivity contribution in [3.05, 3.63) is 59.7 Å².